The number of hydrogen-bond acceptors (Lipinski definition) is 5. The molecule has 6 nitrogen and oxygen atoms in total. The zero-order valence-electron chi connectivity index (χ0n) is 16.2. The molecule has 0 unspecified atom stereocenters. The van der Waals surface area contributed by atoms with E-state index in [2.05, 4.69) is 22.1 Å². The molecular weight excluding hydrogens is 354 g/mol. The lowest BCUT2D eigenvalue weighted by molar-refractivity contribution is 0.0217. The molecule has 3 saturated heterocycles. The van der Waals surface area contributed by atoms with Crippen molar-refractivity contribution < 1.29 is 14.3 Å². The quantitative estimate of drug-likeness (QED) is 0.807. The number of amides is 1. The number of benzene rings is 1. The SMILES string of the molecule is CC(=O)c1ccc(Oc2ccc(C(=O)N[C@@H]3C4CCN(CC4)[C@H]3C)cc2)cn1. The first kappa shape index (κ1) is 18.6. The van der Waals surface area contributed by atoms with Crippen LogP contribution in [-0.2, 0) is 0 Å². The standard InChI is InChI=1S/C22H25N3O3/c1-14-21(16-9-11-25(14)12-10-16)24-22(27)17-3-5-18(6-4-17)28-19-7-8-20(15(2)26)23-13-19/h3-8,13-14,16,21H,9-12H2,1-2H3,(H,24,27)/t14-,21-/m0/s1. The summed E-state index contributed by atoms with van der Waals surface area (Å²) in [5.74, 6) is 1.62. The smallest absolute Gasteiger partial charge is 0.251 e. The lowest BCUT2D eigenvalue weighted by atomic mass is 9.79. The van der Waals surface area contributed by atoms with Crippen LogP contribution < -0.4 is 10.1 Å². The van der Waals surface area contributed by atoms with Gasteiger partial charge in [0.25, 0.3) is 5.91 Å². The normalized spacial score (nSPS) is 25.9. The lowest BCUT2D eigenvalue weighted by Gasteiger charge is -2.49. The predicted octanol–water partition coefficient (Wildman–Crippen LogP) is 3.29. The Morgan fingerprint density at radius 1 is 1.07 bits per heavy atom. The Hall–Kier alpha value is -2.73. The van der Waals surface area contributed by atoms with Crippen LogP contribution in [0.4, 0.5) is 0 Å². The van der Waals surface area contributed by atoms with E-state index in [-0.39, 0.29) is 17.7 Å². The number of fused-ring (bicyclic) bond motifs is 3. The van der Waals surface area contributed by atoms with Crippen molar-refractivity contribution in [3.05, 3.63) is 53.9 Å². The number of Topliss-reactive ketones (excluding diaryl/α,β-unsaturated/α-hetero) is 1. The summed E-state index contributed by atoms with van der Waals surface area (Å²) in [6.07, 6.45) is 3.85. The van der Waals surface area contributed by atoms with Gasteiger partial charge in [0.15, 0.2) is 5.78 Å². The van der Waals surface area contributed by atoms with E-state index < -0.39 is 0 Å². The summed E-state index contributed by atoms with van der Waals surface area (Å²) in [4.78, 5) is 30.5. The van der Waals surface area contributed by atoms with E-state index in [9.17, 15) is 9.59 Å². The molecule has 5 rings (SSSR count). The van der Waals surface area contributed by atoms with Crippen LogP contribution in [0.3, 0.4) is 0 Å². The molecule has 28 heavy (non-hydrogen) atoms. The molecule has 4 heterocycles. The Balaban J connectivity index is 1.38. The van der Waals surface area contributed by atoms with Crippen LogP contribution in [0.25, 0.3) is 0 Å². The van der Waals surface area contributed by atoms with Crippen molar-refractivity contribution in [1.29, 1.82) is 0 Å². The minimum atomic E-state index is -0.0841. The Morgan fingerprint density at radius 3 is 2.32 bits per heavy atom. The van der Waals surface area contributed by atoms with Gasteiger partial charge in [-0.1, -0.05) is 0 Å². The van der Waals surface area contributed by atoms with E-state index >= 15 is 0 Å². The molecule has 6 heteroatoms. The molecule has 146 valence electrons. The van der Waals surface area contributed by atoms with E-state index in [1.807, 2.05) is 0 Å². The number of rotatable bonds is 5. The Labute approximate surface area is 164 Å². The second-order valence-corrected chi connectivity index (χ2v) is 7.68. The van der Waals surface area contributed by atoms with Gasteiger partial charge in [0.1, 0.15) is 17.2 Å². The van der Waals surface area contributed by atoms with Gasteiger partial charge in [-0.05, 0) is 75.2 Å². The molecule has 1 amide bonds. The molecule has 0 radical (unpaired) electrons. The summed E-state index contributed by atoms with van der Waals surface area (Å²) in [6, 6.07) is 11.0. The molecule has 2 atom stereocenters. The zero-order valence-corrected chi connectivity index (χ0v) is 16.2. The molecule has 2 aromatic rings. The fourth-order valence-corrected chi connectivity index (χ4v) is 4.24. The van der Waals surface area contributed by atoms with Gasteiger partial charge in [-0.15, -0.1) is 0 Å². The summed E-state index contributed by atoms with van der Waals surface area (Å²) in [5, 5.41) is 3.24. The van der Waals surface area contributed by atoms with Gasteiger partial charge in [0.2, 0.25) is 0 Å². The highest BCUT2D eigenvalue weighted by molar-refractivity contribution is 5.94. The van der Waals surface area contributed by atoms with Gasteiger partial charge < -0.3 is 10.1 Å². The maximum absolute atomic E-state index is 12.7. The number of carbonyl (C=O) groups is 2. The maximum atomic E-state index is 12.7. The monoisotopic (exact) mass is 379 g/mol. The molecule has 1 N–H and O–H groups in total. The Kier molecular flexibility index (Phi) is 5.13. The van der Waals surface area contributed by atoms with Crippen molar-refractivity contribution in [3.8, 4) is 11.5 Å². The Bertz CT molecular complexity index is 854. The van der Waals surface area contributed by atoms with Gasteiger partial charge in [0.05, 0.1) is 6.20 Å². The minimum absolute atomic E-state index is 0.0374. The third-order valence-corrected chi connectivity index (χ3v) is 5.92. The number of carbonyl (C=O) groups excluding carboxylic acids is 2. The molecule has 0 saturated carbocycles. The largest absolute Gasteiger partial charge is 0.456 e. The third-order valence-electron chi connectivity index (χ3n) is 5.92. The van der Waals surface area contributed by atoms with E-state index in [4.69, 9.17) is 4.74 Å². The molecule has 2 bridgehead atoms. The molecule has 3 aliphatic heterocycles. The highest BCUT2D eigenvalue weighted by atomic mass is 16.5. The maximum Gasteiger partial charge on any atom is 0.251 e. The fourth-order valence-electron chi connectivity index (χ4n) is 4.24. The average molecular weight is 379 g/mol. The Morgan fingerprint density at radius 2 is 1.75 bits per heavy atom. The van der Waals surface area contributed by atoms with Crippen molar-refractivity contribution in [2.24, 2.45) is 5.92 Å². The average Bonchev–Trinajstić information content (AvgIpc) is 2.72. The molecule has 3 fully saturated rings. The number of ether oxygens (including phenoxy) is 1. The van der Waals surface area contributed by atoms with Crippen LogP contribution in [0.2, 0.25) is 0 Å². The van der Waals surface area contributed by atoms with Gasteiger partial charge >= 0.3 is 0 Å². The van der Waals surface area contributed by atoms with Crippen LogP contribution >= 0.6 is 0 Å². The zero-order chi connectivity index (χ0) is 19.7. The number of piperidine rings is 3. The van der Waals surface area contributed by atoms with E-state index in [0.717, 1.165) is 13.1 Å². The number of nitrogens with one attached hydrogen (secondary N) is 1. The van der Waals surface area contributed by atoms with Crippen LogP contribution in [0.15, 0.2) is 42.6 Å². The van der Waals surface area contributed by atoms with E-state index in [0.29, 0.717) is 34.7 Å². The first-order chi connectivity index (χ1) is 13.5. The number of aromatic nitrogens is 1. The molecular formula is C22H25N3O3. The first-order valence-corrected chi connectivity index (χ1v) is 9.81. The van der Waals surface area contributed by atoms with Gasteiger partial charge in [-0.25, -0.2) is 4.98 Å². The van der Waals surface area contributed by atoms with Crippen molar-refractivity contribution in [2.75, 3.05) is 13.1 Å². The van der Waals surface area contributed by atoms with Crippen LogP contribution in [-0.4, -0.2) is 46.7 Å². The van der Waals surface area contributed by atoms with Crippen LogP contribution in [0.1, 0.15) is 47.5 Å². The summed E-state index contributed by atoms with van der Waals surface area (Å²) in [6.45, 7) is 5.97. The van der Waals surface area contributed by atoms with Gasteiger partial charge in [-0.2, -0.15) is 0 Å². The topological polar surface area (TPSA) is 71.5 Å². The van der Waals surface area contributed by atoms with Crippen LogP contribution in [0.5, 0.6) is 11.5 Å². The summed E-state index contributed by atoms with van der Waals surface area (Å²) in [5.41, 5.74) is 1.03. The second kappa shape index (κ2) is 7.72. The van der Waals surface area contributed by atoms with Crippen molar-refractivity contribution in [2.45, 2.75) is 38.8 Å². The molecule has 1 aromatic carbocycles. The summed E-state index contributed by atoms with van der Waals surface area (Å²) < 4.78 is 5.74. The number of hydrogen-bond donors (Lipinski definition) is 1. The van der Waals surface area contributed by atoms with Gasteiger partial charge in [0, 0.05) is 24.6 Å². The second-order valence-electron chi connectivity index (χ2n) is 7.68. The van der Waals surface area contributed by atoms with Crippen molar-refractivity contribution in [3.63, 3.8) is 0 Å². The fraction of sp³-hybridized carbons (Fsp3) is 0.409. The van der Waals surface area contributed by atoms with E-state index in [1.54, 1.807) is 36.4 Å². The molecule has 3 aliphatic rings. The lowest BCUT2D eigenvalue weighted by Crippen LogP contribution is -2.62. The molecule has 0 spiro atoms. The van der Waals surface area contributed by atoms with Crippen molar-refractivity contribution >= 4 is 11.7 Å². The summed E-state index contributed by atoms with van der Waals surface area (Å²) in [7, 11) is 0. The van der Waals surface area contributed by atoms with Crippen LogP contribution in [0, 0.1) is 5.92 Å². The number of pyridine rings is 1. The highest BCUT2D eigenvalue weighted by Crippen LogP contribution is 2.32. The van der Waals surface area contributed by atoms with Crippen molar-refractivity contribution in [1.82, 2.24) is 15.2 Å². The predicted molar refractivity (Wildman–Crippen MR) is 106 cm³/mol. The molecule has 0 aliphatic carbocycles. The van der Waals surface area contributed by atoms with E-state index in [1.165, 1.54) is 26.0 Å². The highest BCUT2D eigenvalue weighted by Gasteiger charge is 2.40. The molecule has 1 aromatic heterocycles. The summed E-state index contributed by atoms with van der Waals surface area (Å²) >= 11 is 0. The number of nitrogens with zero attached hydrogens (tertiary/aromatic N) is 2. The third kappa shape index (κ3) is 3.78. The number of ketones is 1. The first-order valence-electron chi connectivity index (χ1n) is 9.81. The van der Waals surface area contributed by atoms with Gasteiger partial charge in [-0.3, -0.25) is 14.5 Å². The minimum Gasteiger partial charge on any atom is -0.456 e.